The Morgan fingerprint density at radius 3 is 2.27 bits per heavy atom. The lowest BCUT2D eigenvalue weighted by atomic mass is 9.70. The molecule has 1 unspecified atom stereocenters. The highest BCUT2D eigenvalue weighted by Crippen LogP contribution is 2.63. The molecule has 7 nitrogen and oxygen atoms in total. The van der Waals surface area contributed by atoms with Crippen LogP contribution < -0.4 is 9.62 Å². The lowest BCUT2D eigenvalue weighted by molar-refractivity contribution is -0.119. The predicted octanol–water partition coefficient (Wildman–Crippen LogP) is 5.72. The number of carbonyl (C=O) groups excluding carboxylic acids is 1. The topological polar surface area (TPSA) is 107 Å². The summed E-state index contributed by atoms with van der Waals surface area (Å²) in [6.45, 7) is 0. The zero-order valence-corrected chi connectivity index (χ0v) is 22.2. The smallest absolute Gasteiger partial charge is 0.264 e. The van der Waals surface area contributed by atoms with Gasteiger partial charge in [0.1, 0.15) is 5.82 Å². The molecule has 1 amide bonds. The van der Waals surface area contributed by atoms with E-state index in [4.69, 9.17) is 0 Å². The molecule has 1 atom stereocenters. The molecule has 0 radical (unpaired) electrons. The van der Waals surface area contributed by atoms with Gasteiger partial charge in [0.15, 0.2) is 0 Å². The van der Waals surface area contributed by atoms with Gasteiger partial charge in [0, 0.05) is 28.5 Å². The van der Waals surface area contributed by atoms with Gasteiger partial charge in [-0.05, 0) is 92.5 Å². The number of benzene rings is 2. The summed E-state index contributed by atoms with van der Waals surface area (Å²) in [5.41, 5.74) is 1.47. The average molecular weight is 549 g/mol. The Morgan fingerprint density at radius 1 is 1.00 bits per heavy atom. The molecule has 1 spiro atoms. The fourth-order valence-electron chi connectivity index (χ4n) is 6.71. The summed E-state index contributed by atoms with van der Waals surface area (Å²) in [6.07, 6.45) is 6.58. The lowest BCUT2D eigenvalue weighted by Gasteiger charge is -2.48. The van der Waals surface area contributed by atoms with Gasteiger partial charge in [-0.15, -0.1) is 0 Å². The van der Waals surface area contributed by atoms with Gasteiger partial charge < -0.3 is 5.32 Å². The van der Waals surface area contributed by atoms with Crippen LogP contribution in [0.1, 0.15) is 56.9 Å². The molecule has 2 aromatic rings. The zero-order valence-electron chi connectivity index (χ0n) is 20.6. The Kier molecular flexibility index (Phi) is 6.10. The number of carbonyl (C=O) groups is 1. The number of anilines is 2. The summed E-state index contributed by atoms with van der Waals surface area (Å²) < 4.78 is 64.2. The average Bonchev–Trinajstić information content (AvgIpc) is 3.45. The van der Waals surface area contributed by atoms with Crippen LogP contribution in [-0.2, 0) is 20.2 Å². The molecular weight excluding hydrogens is 515 g/mol. The Balaban J connectivity index is 1.45. The van der Waals surface area contributed by atoms with Crippen molar-refractivity contribution in [1.82, 2.24) is 0 Å². The van der Waals surface area contributed by atoms with E-state index in [0.717, 1.165) is 56.2 Å². The quantitative estimate of drug-likeness (QED) is 0.443. The van der Waals surface area contributed by atoms with Crippen LogP contribution in [0.2, 0.25) is 0 Å². The van der Waals surface area contributed by atoms with Crippen LogP contribution in [0.3, 0.4) is 0 Å². The molecule has 6 rings (SSSR count). The summed E-state index contributed by atoms with van der Waals surface area (Å²) in [4.78, 5) is 12.9. The van der Waals surface area contributed by atoms with Crippen molar-refractivity contribution in [3.8, 4) is 0 Å². The van der Waals surface area contributed by atoms with Crippen molar-refractivity contribution in [3.05, 3.63) is 53.8 Å². The SMILES string of the molecule is O=C(Nc1ccc2c(c1)C1(CCS(O)(O)CC1)C(C1CC1)N2S(=O)(=O)c1ccc(F)cc1)C1CCCC1. The van der Waals surface area contributed by atoms with Crippen LogP contribution in [-0.4, -0.2) is 41.0 Å². The van der Waals surface area contributed by atoms with E-state index in [9.17, 15) is 26.7 Å². The minimum absolute atomic E-state index is 0.000505. The molecule has 0 aromatic heterocycles. The van der Waals surface area contributed by atoms with Gasteiger partial charge in [0.2, 0.25) is 5.91 Å². The van der Waals surface area contributed by atoms with Crippen LogP contribution in [0, 0.1) is 17.7 Å². The van der Waals surface area contributed by atoms with Crippen LogP contribution >= 0.6 is 10.6 Å². The van der Waals surface area contributed by atoms with Crippen molar-refractivity contribution in [2.75, 3.05) is 21.1 Å². The number of halogens is 1. The monoisotopic (exact) mass is 548 g/mol. The Labute approximate surface area is 218 Å². The first-order chi connectivity index (χ1) is 17.6. The van der Waals surface area contributed by atoms with Gasteiger partial charge in [0.05, 0.1) is 16.6 Å². The minimum atomic E-state index is -4.02. The fraction of sp³-hybridized carbons (Fsp3) is 0.519. The first-order valence-electron chi connectivity index (χ1n) is 13.1. The molecule has 1 saturated heterocycles. The fourth-order valence-corrected chi connectivity index (χ4v) is 10.1. The standard InChI is InChI=1S/C27H33FN2O5S2/c28-20-7-10-22(11-8-20)37(34,35)30-24-12-9-21(29-26(31)19-3-1-2-4-19)17-23(24)27(25(30)18-5-6-18)13-15-36(32,33)16-14-27/h7-12,17-19,25,32-33H,1-6,13-16H2,(H,29,31). The summed E-state index contributed by atoms with van der Waals surface area (Å²) in [7, 11) is -6.72. The Morgan fingerprint density at radius 2 is 1.65 bits per heavy atom. The Bertz CT molecular complexity index is 1310. The summed E-state index contributed by atoms with van der Waals surface area (Å²) >= 11 is 0. The van der Waals surface area contributed by atoms with Gasteiger partial charge in [-0.3, -0.25) is 18.2 Å². The highest BCUT2D eigenvalue weighted by molar-refractivity contribution is 8.24. The van der Waals surface area contributed by atoms with Gasteiger partial charge in [-0.25, -0.2) is 12.8 Å². The number of nitrogens with one attached hydrogen (secondary N) is 1. The van der Waals surface area contributed by atoms with E-state index in [0.29, 0.717) is 24.2 Å². The van der Waals surface area contributed by atoms with E-state index in [1.165, 1.54) is 16.4 Å². The summed E-state index contributed by atoms with van der Waals surface area (Å²) in [6, 6.07) is 9.99. The highest BCUT2D eigenvalue weighted by Gasteiger charge is 2.60. The molecule has 2 aromatic carbocycles. The number of nitrogens with zero attached hydrogens (tertiary/aromatic N) is 1. The van der Waals surface area contributed by atoms with Crippen molar-refractivity contribution in [3.63, 3.8) is 0 Å². The van der Waals surface area contributed by atoms with Crippen LogP contribution in [0.4, 0.5) is 15.8 Å². The molecule has 2 saturated carbocycles. The summed E-state index contributed by atoms with van der Waals surface area (Å²) in [5.74, 6) is 0.0869. The van der Waals surface area contributed by atoms with E-state index in [2.05, 4.69) is 5.32 Å². The van der Waals surface area contributed by atoms with Gasteiger partial charge in [0.25, 0.3) is 10.0 Å². The molecule has 2 heterocycles. The number of rotatable bonds is 5. The number of amides is 1. The third kappa shape index (κ3) is 4.35. The molecule has 0 bridgehead atoms. The van der Waals surface area contributed by atoms with Crippen LogP contribution in [0.15, 0.2) is 47.4 Å². The molecule has 2 aliphatic heterocycles. The molecule has 3 N–H and O–H groups in total. The first-order valence-corrected chi connectivity index (χ1v) is 16.4. The van der Waals surface area contributed by atoms with E-state index in [-0.39, 0.29) is 40.2 Å². The van der Waals surface area contributed by atoms with E-state index >= 15 is 0 Å². The second-order valence-electron chi connectivity index (χ2n) is 11.1. The molecule has 4 aliphatic rings. The third-order valence-corrected chi connectivity index (χ3v) is 12.3. The molecule has 3 fully saturated rings. The lowest BCUT2D eigenvalue weighted by Crippen LogP contribution is -2.51. The van der Waals surface area contributed by atoms with Crippen molar-refractivity contribution >= 4 is 37.9 Å². The van der Waals surface area contributed by atoms with Crippen molar-refractivity contribution in [1.29, 1.82) is 0 Å². The maximum atomic E-state index is 14.1. The molecule has 37 heavy (non-hydrogen) atoms. The van der Waals surface area contributed by atoms with Crippen LogP contribution in [0.5, 0.6) is 0 Å². The minimum Gasteiger partial charge on any atom is -0.326 e. The van der Waals surface area contributed by atoms with Gasteiger partial charge in [-0.2, -0.15) is 10.6 Å². The van der Waals surface area contributed by atoms with Gasteiger partial charge >= 0.3 is 0 Å². The maximum absolute atomic E-state index is 14.1. The predicted molar refractivity (Wildman–Crippen MR) is 143 cm³/mol. The number of hydrogen-bond acceptors (Lipinski definition) is 5. The molecule has 2 aliphatic carbocycles. The number of fused-ring (bicyclic) bond motifs is 2. The molecule has 10 heteroatoms. The second kappa shape index (κ2) is 8.97. The number of hydrogen-bond donors (Lipinski definition) is 3. The first kappa shape index (κ1) is 25.2. The maximum Gasteiger partial charge on any atom is 0.264 e. The molecular formula is C27H33FN2O5S2. The second-order valence-corrected chi connectivity index (χ2v) is 15.3. The molecule has 200 valence electrons. The highest BCUT2D eigenvalue weighted by atomic mass is 32.3. The van der Waals surface area contributed by atoms with E-state index in [1.54, 1.807) is 12.1 Å². The van der Waals surface area contributed by atoms with E-state index in [1.807, 2.05) is 6.07 Å². The zero-order chi connectivity index (χ0) is 26.0. The van der Waals surface area contributed by atoms with Crippen molar-refractivity contribution < 1.29 is 26.7 Å². The summed E-state index contributed by atoms with van der Waals surface area (Å²) in [5, 5.41) is 3.06. The third-order valence-electron chi connectivity index (χ3n) is 8.77. The number of sulfonamides is 1. The van der Waals surface area contributed by atoms with Crippen molar-refractivity contribution in [2.24, 2.45) is 11.8 Å². The normalized spacial score (nSPS) is 25.7. The van der Waals surface area contributed by atoms with Crippen LogP contribution in [0.25, 0.3) is 0 Å². The van der Waals surface area contributed by atoms with Gasteiger partial charge in [-0.1, -0.05) is 12.8 Å². The van der Waals surface area contributed by atoms with E-state index < -0.39 is 31.8 Å². The van der Waals surface area contributed by atoms with Crippen molar-refractivity contribution in [2.45, 2.75) is 67.7 Å². The largest absolute Gasteiger partial charge is 0.326 e. The Hall–Kier alpha value is -2.14.